The third-order valence-corrected chi connectivity index (χ3v) is 2.93. The first-order valence-electron chi connectivity index (χ1n) is 6.90. The fourth-order valence-corrected chi connectivity index (χ4v) is 1.89. The van der Waals surface area contributed by atoms with Crippen LogP contribution in [0.4, 0.5) is 4.39 Å². The first kappa shape index (κ1) is 15.4. The lowest BCUT2D eigenvalue weighted by Gasteiger charge is -2.20. The number of hydrogen-bond acceptors (Lipinski definition) is 3. The molecule has 0 radical (unpaired) electrons. The van der Waals surface area contributed by atoms with Gasteiger partial charge in [-0.1, -0.05) is 12.1 Å². The largest absolute Gasteiger partial charge is 0.310 e. The number of nitrogens with one attached hydrogen (secondary N) is 2. The van der Waals surface area contributed by atoms with E-state index in [1.165, 1.54) is 18.2 Å². The van der Waals surface area contributed by atoms with E-state index in [4.69, 9.17) is 0 Å². The van der Waals surface area contributed by atoms with Crippen molar-refractivity contribution in [2.75, 3.05) is 0 Å². The minimum atomic E-state index is -0.275. The second-order valence-electron chi connectivity index (χ2n) is 6.09. The van der Waals surface area contributed by atoms with Crippen molar-refractivity contribution in [3.63, 3.8) is 0 Å². The molecule has 0 saturated heterocycles. The average Bonchev–Trinajstić information content (AvgIpc) is 2.38. The summed E-state index contributed by atoms with van der Waals surface area (Å²) in [6, 6.07) is 7.68. The molecule has 1 aromatic heterocycles. The number of halogens is 1. The zero-order valence-electron chi connectivity index (χ0n) is 12.5. The van der Waals surface area contributed by atoms with E-state index in [0.717, 1.165) is 5.56 Å². The average molecular weight is 289 g/mol. The van der Waals surface area contributed by atoms with Crippen molar-refractivity contribution in [1.82, 2.24) is 15.3 Å². The molecule has 5 heteroatoms. The molecule has 0 unspecified atom stereocenters. The summed E-state index contributed by atoms with van der Waals surface area (Å²) in [6.45, 7) is 6.70. The van der Waals surface area contributed by atoms with Gasteiger partial charge in [-0.05, 0) is 38.5 Å². The summed E-state index contributed by atoms with van der Waals surface area (Å²) in [4.78, 5) is 18.9. The Hall–Kier alpha value is -2.01. The van der Waals surface area contributed by atoms with Gasteiger partial charge >= 0.3 is 0 Å². The molecule has 0 atom stereocenters. The van der Waals surface area contributed by atoms with Crippen LogP contribution >= 0.6 is 0 Å². The van der Waals surface area contributed by atoms with Crippen molar-refractivity contribution in [2.45, 2.75) is 39.3 Å². The lowest BCUT2D eigenvalue weighted by molar-refractivity contribution is 0.420. The minimum Gasteiger partial charge on any atom is -0.310 e. The maximum absolute atomic E-state index is 12.9. The summed E-state index contributed by atoms with van der Waals surface area (Å²) in [6.07, 6.45) is 0.471. The van der Waals surface area contributed by atoms with Gasteiger partial charge in [-0.2, -0.15) is 0 Å². The van der Waals surface area contributed by atoms with E-state index in [0.29, 0.717) is 24.5 Å². The van der Waals surface area contributed by atoms with E-state index in [1.807, 2.05) is 0 Å². The van der Waals surface area contributed by atoms with Crippen LogP contribution in [0, 0.1) is 5.82 Å². The van der Waals surface area contributed by atoms with Crippen molar-refractivity contribution in [3.05, 3.63) is 63.6 Å². The summed E-state index contributed by atoms with van der Waals surface area (Å²) in [5, 5.41) is 3.30. The quantitative estimate of drug-likeness (QED) is 0.908. The fourth-order valence-electron chi connectivity index (χ4n) is 1.89. The molecule has 0 aliphatic carbocycles. The second kappa shape index (κ2) is 6.18. The molecule has 0 amide bonds. The van der Waals surface area contributed by atoms with Gasteiger partial charge < -0.3 is 10.3 Å². The molecule has 2 rings (SSSR count). The Labute approximate surface area is 123 Å². The summed E-state index contributed by atoms with van der Waals surface area (Å²) >= 11 is 0. The fraction of sp³-hybridized carbons (Fsp3) is 0.375. The highest BCUT2D eigenvalue weighted by atomic mass is 19.1. The van der Waals surface area contributed by atoms with Crippen LogP contribution in [-0.2, 0) is 13.0 Å². The minimum absolute atomic E-state index is 0.0403. The highest BCUT2D eigenvalue weighted by molar-refractivity contribution is 5.20. The van der Waals surface area contributed by atoms with E-state index < -0.39 is 0 Å². The van der Waals surface area contributed by atoms with Crippen molar-refractivity contribution >= 4 is 0 Å². The molecule has 4 nitrogen and oxygen atoms in total. The molecule has 2 N–H and O–H groups in total. The number of aromatic nitrogens is 2. The van der Waals surface area contributed by atoms with Crippen molar-refractivity contribution in [1.29, 1.82) is 0 Å². The van der Waals surface area contributed by atoms with Crippen LogP contribution < -0.4 is 10.9 Å². The molecule has 1 heterocycles. The van der Waals surface area contributed by atoms with Crippen LogP contribution in [0.5, 0.6) is 0 Å². The number of nitrogens with zero attached hydrogens (tertiary/aromatic N) is 1. The maximum Gasteiger partial charge on any atom is 0.251 e. The zero-order valence-corrected chi connectivity index (χ0v) is 12.5. The van der Waals surface area contributed by atoms with Crippen LogP contribution in [0.3, 0.4) is 0 Å². The molecule has 0 aliphatic heterocycles. The standard InChI is InChI=1S/C16H20FN3O/c1-16(2,3)18-10-13-9-15(21)20-14(19-13)8-11-4-6-12(17)7-5-11/h4-7,9,18H,8,10H2,1-3H3,(H,19,20,21). The van der Waals surface area contributed by atoms with Gasteiger partial charge in [-0.15, -0.1) is 0 Å². The molecule has 112 valence electrons. The third-order valence-electron chi connectivity index (χ3n) is 2.93. The molecule has 2 aromatic rings. The van der Waals surface area contributed by atoms with Crippen LogP contribution in [0.1, 0.15) is 37.9 Å². The number of H-pyrrole nitrogens is 1. The highest BCUT2D eigenvalue weighted by Crippen LogP contribution is 2.07. The molecule has 0 saturated carbocycles. The second-order valence-corrected chi connectivity index (χ2v) is 6.09. The van der Waals surface area contributed by atoms with Gasteiger partial charge in [0.05, 0.1) is 5.69 Å². The molecule has 0 aliphatic rings. The molecule has 1 aromatic carbocycles. The SMILES string of the molecule is CC(C)(C)NCc1cc(=O)[nH]c(Cc2ccc(F)cc2)n1. The van der Waals surface area contributed by atoms with Gasteiger partial charge in [0.1, 0.15) is 11.6 Å². The van der Waals surface area contributed by atoms with E-state index in [9.17, 15) is 9.18 Å². The molecule has 0 spiro atoms. The molecular formula is C16H20FN3O. The van der Waals surface area contributed by atoms with Crippen molar-refractivity contribution in [2.24, 2.45) is 0 Å². The van der Waals surface area contributed by atoms with Crippen LogP contribution in [-0.4, -0.2) is 15.5 Å². The first-order chi connectivity index (χ1) is 9.82. The molecule has 0 bridgehead atoms. The lowest BCUT2D eigenvalue weighted by Crippen LogP contribution is -2.35. The van der Waals surface area contributed by atoms with Crippen LogP contribution in [0.15, 0.2) is 35.1 Å². The van der Waals surface area contributed by atoms with Crippen LogP contribution in [0.2, 0.25) is 0 Å². The van der Waals surface area contributed by atoms with Gasteiger partial charge in [-0.25, -0.2) is 9.37 Å². The number of benzene rings is 1. The Balaban J connectivity index is 2.15. The number of rotatable bonds is 4. The zero-order chi connectivity index (χ0) is 15.5. The van der Waals surface area contributed by atoms with Gasteiger partial charge in [0.15, 0.2) is 0 Å². The number of hydrogen-bond donors (Lipinski definition) is 2. The maximum atomic E-state index is 12.9. The predicted octanol–water partition coefficient (Wildman–Crippen LogP) is 2.39. The lowest BCUT2D eigenvalue weighted by atomic mass is 10.1. The summed E-state index contributed by atoms with van der Waals surface area (Å²) in [5.74, 6) is 0.308. The van der Waals surface area contributed by atoms with E-state index in [1.54, 1.807) is 12.1 Å². The highest BCUT2D eigenvalue weighted by Gasteiger charge is 2.10. The topological polar surface area (TPSA) is 57.8 Å². The summed E-state index contributed by atoms with van der Waals surface area (Å²) < 4.78 is 12.9. The Morgan fingerprint density at radius 1 is 1.24 bits per heavy atom. The summed E-state index contributed by atoms with van der Waals surface area (Å²) in [5.41, 5.74) is 1.39. The van der Waals surface area contributed by atoms with Gasteiger partial charge in [0.2, 0.25) is 0 Å². The summed E-state index contributed by atoms with van der Waals surface area (Å²) in [7, 11) is 0. The van der Waals surface area contributed by atoms with Gasteiger partial charge in [0, 0.05) is 24.6 Å². The Morgan fingerprint density at radius 3 is 2.52 bits per heavy atom. The molecular weight excluding hydrogens is 269 g/mol. The van der Waals surface area contributed by atoms with E-state index >= 15 is 0 Å². The Bertz CT molecular complexity index is 656. The van der Waals surface area contributed by atoms with Gasteiger partial charge in [-0.3, -0.25) is 4.79 Å². The van der Waals surface area contributed by atoms with E-state index in [2.05, 4.69) is 36.1 Å². The molecule has 21 heavy (non-hydrogen) atoms. The number of aromatic amines is 1. The molecule has 0 fully saturated rings. The first-order valence-corrected chi connectivity index (χ1v) is 6.90. The normalized spacial score (nSPS) is 11.6. The Kier molecular flexibility index (Phi) is 4.53. The predicted molar refractivity (Wildman–Crippen MR) is 80.7 cm³/mol. The van der Waals surface area contributed by atoms with E-state index in [-0.39, 0.29) is 16.9 Å². The smallest absolute Gasteiger partial charge is 0.251 e. The van der Waals surface area contributed by atoms with Gasteiger partial charge in [0.25, 0.3) is 5.56 Å². The van der Waals surface area contributed by atoms with Crippen molar-refractivity contribution < 1.29 is 4.39 Å². The monoisotopic (exact) mass is 289 g/mol. The van der Waals surface area contributed by atoms with Crippen LogP contribution in [0.25, 0.3) is 0 Å². The third kappa shape index (κ3) is 5.11. The Morgan fingerprint density at radius 2 is 1.90 bits per heavy atom. The van der Waals surface area contributed by atoms with Crippen molar-refractivity contribution in [3.8, 4) is 0 Å².